The first-order valence-electron chi connectivity index (χ1n) is 12.4. The topological polar surface area (TPSA) is 70.5 Å². The summed E-state index contributed by atoms with van der Waals surface area (Å²) in [5, 5.41) is 11.2. The maximum atomic E-state index is 13.2. The number of likely N-dealkylation sites (N-methyl/N-ethyl adjacent to an activating group) is 1. The molecular weight excluding hydrogens is 451 g/mol. The van der Waals surface area contributed by atoms with Gasteiger partial charge < -0.3 is 24.2 Å². The molecule has 8 nitrogen and oxygen atoms in total. The molecule has 0 saturated carbocycles. The van der Waals surface area contributed by atoms with Crippen LogP contribution in [-0.2, 0) is 11.3 Å². The summed E-state index contributed by atoms with van der Waals surface area (Å²) in [5.41, 5.74) is 0.242. The molecule has 1 N–H and O–H groups in total. The van der Waals surface area contributed by atoms with Gasteiger partial charge in [-0.2, -0.15) is 0 Å². The van der Waals surface area contributed by atoms with Gasteiger partial charge in [0, 0.05) is 45.8 Å². The minimum Gasteiger partial charge on any atom is -0.490 e. The number of aliphatic hydroxyl groups is 1. The van der Waals surface area contributed by atoms with E-state index in [1.807, 2.05) is 31.0 Å². The number of pyridine rings is 1. The summed E-state index contributed by atoms with van der Waals surface area (Å²) in [6.07, 6.45) is 1.85. The zero-order valence-corrected chi connectivity index (χ0v) is 20.8. The third kappa shape index (κ3) is 7.27. The van der Waals surface area contributed by atoms with Gasteiger partial charge in [-0.25, -0.2) is 9.37 Å². The number of rotatable bonds is 11. The Morgan fingerprint density at radius 3 is 2.71 bits per heavy atom. The summed E-state index contributed by atoms with van der Waals surface area (Å²) < 4.78 is 30.5. The largest absolute Gasteiger partial charge is 0.490 e. The zero-order valence-electron chi connectivity index (χ0n) is 20.8. The number of hydrogen-bond donors (Lipinski definition) is 1. The van der Waals surface area contributed by atoms with E-state index in [1.54, 1.807) is 6.07 Å². The van der Waals surface area contributed by atoms with Crippen molar-refractivity contribution in [3.63, 3.8) is 0 Å². The van der Waals surface area contributed by atoms with E-state index in [9.17, 15) is 9.50 Å². The molecule has 3 heterocycles. The second kappa shape index (κ2) is 12.0. The zero-order chi connectivity index (χ0) is 24.7. The number of nitrogens with zero attached hydrogens (tertiary/aromatic N) is 4. The SMILES string of the molecule is CCOc1cc(CN(C)C[C@]2(O)CCN(c3ccc(F)cn3)C2)ccc1OCCN1CCOCC1. The van der Waals surface area contributed by atoms with Crippen LogP contribution in [0.5, 0.6) is 11.5 Å². The van der Waals surface area contributed by atoms with Crippen LogP contribution < -0.4 is 14.4 Å². The Kier molecular flexibility index (Phi) is 8.78. The van der Waals surface area contributed by atoms with Gasteiger partial charge in [-0.15, -0.1) is 0 Å². The third-order valence-electron chi connectivity index (χ3n) is 6.46. The minimum atomic E-state index is -0.851. The van der Waals surface area contributed by atoms with Gasteiger partial charge >= 0.3 is 0 Å². The number of hydrogen-bond acceptors (Lipinski definition) is 8. The van der Waals surface area contributed by atoms with Crippen molar-refractivity contribution >= 4 is 5.82 Å². The van der Waals surface area contributed by atoms with Crippen LogP contribution in [0.15, 0.2) is 36.5 Å². The molecule has 35 heavy (non-hydrogen) atoms. The van der Waals surface area contributed by atoms with E-state index in [0.717, 1.165) is 49.9 Å². The van der Waals surface area contributed by atoms with Gasteiger partial charge in [0.2, 0.25) is 0 Å². The lowest BCUT2D eigenvalue weighted by atomic mass is 10.0. The highest BCUT2D eigenvalue weighted by molar-refractivity contribution is 5.43. The third-order valence-corrected chi connectivity index (χ3v) is 6.46. The second-order valence-electron chi connectivity index (χ2n) is 9.42. The molecule has 1 aromatic heterocycles. The van der Waals surface area contributed by atoms with Crippen LogP contribution in [0, 0.1) is 5.82 Å². The van der Waals surface area contributed by atoms with Gasteiger partial charge in [0.15, 0.2) is 11.5 Å². The Morgan fingerprint density at radius 1 is 1.14 bits per heavy atom. The fraction of sp³-hybridized carbons (Fsp3) is 0.577. The number of anilines is 1. The van der Waals surface area contributed by atoms with E-state index >= 15 is 0 Å². The Labute approximate surface area is 207 Å². The lowest BCUT2D eigenvalue weighted by Gasteiger charge is -2.29. The molecular formula is C26H37FN4O4. The van der Waals surface area contributed by atoms with E-state index in [2.05, 4.69) is 20.9 Å². The predicted molar refractivity (Wildman–Crippen MR) is 133 cm³/mol. The first kappa shape index (κ1) is 25.6. The van der Waals surface area contributed by atoms with Crippen LogP contribution in [0.4, 0.5) is 10.2 Å². The van der Waals surface area contributed by atoms with Gasteiger partial charge in [-0.3, -0.25) is 9.80 Å². The van der Waals surface area contributed by atoms with Gasteiger partial charge in [0.1, 0.15) is 18.2 Å². The molecule has 2 aliphatic heterocycles. The predicted octanol–water partition coefficient (Wildman–Crippen LogP) is 2.40. The second-order valence-corrected chi connectivity index (χ2v) is 9.42. The van der Waals surface area contributed by atoms with Crippen LogP contribution in [0.2, 0.25) is 0 Å². The van der Waals surface area contributed by atoms with E-state index in [0.29, 0.717) is 51.6 Å². The summed E-state index contributed by atoms with van der Waals surface area (Å²) in [6, 6.07) is 9.11. The van der Waals surface area contributed by atoms with Gasteiger partial charge in [0.25, 0.3) is 0 Å². The van der Waals surface area contributed by atoms with Crippen molar-refractivity contribution in [2.45, 2.75) is 25.5 Å². The van der Waals surface area contributed by atoms with E-state index < -0.39 is 5.60 Å². The standard InChI is InChI=1S/C26H37FN4O4/c1-3-34-24-16-21(4-6-23(24)35-15-12-30-10-13-33-14-11-30)18-29(2)19-26(32)8-9-31(20-26)25-7-5-22(27)17-28-25/h4-7,16-17,32H,3,8-15,18-20H2,1-2H3/t26-/m1/s1. The molecule has 0 bridgehead atoms. The highest BCUT2D eigenvalue weighted by atomic mass is 19.1. The minimum absolute atomic E-state index is 0.358. The lowest BCUT2D eigenvalue weighted by molar-refractivity contribution is 0.0279. The molecule has 0 radical (unpaired) electrons. The number of β-amino-alcohol motifs (C(OH)–C–C–N with tert-alkyl or cyclic N) is 1. The number of morpholine rings is 1. The molecule has 9 heteroatoms. The molecule has 1 aromatic carbocycles. The molecule has 4 rings (SSSR count). The smallest absolute Gasteiger partial charge is 0.161 e. The van der Waals surface area contributed by atoms with Crippen LogP contribution in [0.1, 0.15) is 18.9 Å². The first-order valence-corrected chi connectivity index (χ1v) is 12.4. The molecule has 1 atom stereocenters. The normalized spacial score (nSPS) is 21.0. The van der Waals surface area contributed by atoms with Crippen molar-refractivity contribution in [1.82, 2.24) is 14.8 Å². The Hall–Kier alpha value is -2.46. The Balaban J connectivity index is 1.30. The molecule has 2 fully saturated rings. The fourth-order valence-corrected chi connectivity index (χ4v) is 4.75. The maximum absolute atomic E-state index is 13.2. The molecule has 2 saturated heterocycles. The Morgan fingerprint density at radius 2 is 1.97 bits per heavy atom. The highest BCUT2D eigenvalue weighted by Crippen LogP contribution is 2.30. The molecule has 0 unspecified atom stereocenters. The summed E-state index contributed by atoms with van der Waals surface area (Å²) in [5.74, 6) is 1.83. The molecule has 0 amide bonds. The van der Waals surface area contributed by atoms with Crippen LogP contribution in [-0.4, -0.2) is 98.2 Å². The summed E-state index contributed by atoms with van der Waals surface area (Å²) in [6.45, 7) is 9.79. The van der Waals surface area contributed by atoms with Gasteiger partial charge in [-0.05, 0) is 50.2 Å². The van der Waals surface area contributed by atoms with Crippen molar-refractivity contribution in [3.8, 4) is 11.5 Å². The lowest BCUT2D eigenvalue weighted by Crippen LogP contribution is -2.43. The van der Waals surface area contributed by atoms with Crippen LogP contribution in [0.25, 0.3) is 0 Å². The summed E-state index contributed by atoms with van der Waals surface area (Å²) in [4.78, 5) is 10.6. The fourth-order valence-electron chi connectivity index (χ4n) is 4.75. The van der Waals surface area contributed by atoms with Crippen molar-refractivity contribution < 1.29 is 23.7 Å². The first-order chi connectivity index (χ1) is 16.9. The number of benzene rings is 1. The van der Waals surface area contributed by atoms with Crippen molar-refractivity contribution in [1.29, 1.82) is 0 Å². The van der Waals surface area contributed by atoms with Crippen LogP contribution >= 0.6 is 0 Å². The molecule has 2 aliphatic rings. The van der Waals surface area contributed by atoms with Crippen molar-refractivity contribution in [2.75, 3.05) is 77.6 Å². The average molecular weight is 489 g/mol. The number of aromatic nitrogens is 1. The van der Waals surface area contributed by atoms with Crippen LogP contribution in [0.3, 0.4) is 0 Å². The molecule has 0 aliphatic carbocycles. The van der Waals surface area contributed by atoms with Gasteiger partial charge in [0.05, 0.1) is 31.6 Å². The highest BCUT2D eigenvalue weighted by Gasteiger charge is 2.37. The van der Waals surface area contributed by atoms with Crippen molar-refractivity contribution in [2.24, 2.45) is 0 Å². The van der Waals surface area contributed by atoms with Crippen molar-refractivity contribution in [3.05, 3.63) is 47.9 Å². The monoisotopic (exact) mass is 488 g/mol. The Bertz CT molecular complexity index is 941. The molecule has 2 aromatic rings. The van der Waals surface area contributed by atoms with Gasteiger partial charge in [-0.1, -0.05) is 6.07 Å². The maximum Gasteiger partial charge on any atom is 0.161 e. The molecule has 192 valence electrons. The summed E-state index contributed by atoms with van der Waals surface area (Å²) in [7, 11) is 2.00. The van der Waals surface area contributed by atoms with E-state index in [-0.39, 0.29) is 5.82 Å². The number of halogens is 1. The number of ether oxygens (including phenoxy) is 3. The quantitative estimate of drug-likeness (QED) is 0.517. The summed E-state index contributed by atoms with van der Waals surface area (Å²) >= 11 is 0. The molecule has 0 spiro atoms. The van der Waals surface area contributed by atoms with E-state index in [1.165, 1.54) is 12.3 Å². The van der Waals surface area contributed by atoms with E-state index in [4.69, 9.17) is 14.2 Å². The average Bonchev–Trinajstić information content (AvgIpc) is 3.23.